The Morgan fingerprint density at radius 2 is 2.00 bits per heavy atom. The second kappa shape index (κ2) is 6.57. The van der Waals surface area contributed by atoms with Gasteiger partial charge in [-0.25, -0.2) is 0 Å². The molecular formula is C15H25N3O. The molecule has 0 heterocycles. The Kier molecular flexibility index (Phi) is 5.36. The van der Waals surface area contributed by atoms with Crippen LogP contribution in [0.5, 0.6) is 0 Å². The summed E-state index contributed by atoms with van der Waals surface area (Å²) in [5, 5.41) is 0. The van der Waals surface area contributed by atoms with E-state index in [1.165, 1.54) is 0 Å². The molecule has 0 aliphatic carbocycles. The summed E-state index contributed by atoms with van der Waals surface area (Å²) in [4.78, 5) is 16.6. The highest BCUT2D eigenvalue weighted by molar-refractivity contribution is 6.00. The molecule has 1 atom stereocenters. The Labute approximate surface area is 116 Å². The van der Waals surface area contributed by atoms with E-state index < -0.39 is 0 Å². The van der Waals surface area contributed by atoms with Crippen LogP contribution in [0, 0.1) is 6.92 Å². The highest BCUT2D eigenvalue weighted by atomic mass is 16.2. The van der Waals surface area contributed by atoms with Crippen LogP contribution in [0.1, 0.15) is 29.8 Å². The standard InChI is InChI=1S/C15H25N3O/c1-6-18(12(3)10-17(4)5)15(19)14-11(2)8-7-9-13(14)16/h7-9,12H,6,10,16H2,1-5H3. The number of hydrogen-bond acceptors (Lipinski definition) is 3. The zero-order valence-electron chi connectivity index (χ0n) is 12.6. The molecule has 0 radical (unpaired) electrons. The van der Waals surface area contributed by atoms with E-state index in [9.17, 15) is 4.79 Å². The second-order valence-electron chi connectivity index (χ2n) is 5.24. The summed E-state index contributed by atoms with van der Waals surface area (Å²) < 4.78 is 0. The maximum absolute atomic E-state index is 12.7. The SMILES string of the molecule is CCN(C(=O)c1c(C)cccc1N)C(C)CN(C)C. The molecule has 4 heteroatoms. The van der Waals surface area contributed by atoms with E-state index >= 15 is 0 Å². The Hall–Kier alpha value is -1.55. The average molecular weight is 263 g/mol. The fourth-order valence-corrected chi connectivity index (χ4v) is 2.41. The van der Waals surface area contributed by atoms with Crippen LogP contribution < -0.4 is 5.73 Å². The number of hydrogen-bond donors (Lipinski definition) is 1. The average Bonchev–Trinajstić information content (AvgIpc) is 2.28. The summed E-state index contributed by atoms with van der Waals surface area (Å²) in [6.07, 6.45) is 0. The topological polar surface area (TPSA) is 49.6 Å². The minimum absolute atomic E-state index is 0.0208. The van der Waals surface area contributed by atoms with Gasteiger partial charge in [-0.3, -0.25) is 4.79 Å². The highest BCUT2D eigenvalue weighted by Crippen LogP contribution is 2.19. The van der Waals surface area contributed by atoms with Crippen LogP contribution in [0.2, 0.25) is 0 Å². The summed E-state index contributed by atoms with van der Waals surface area (Å²) >= 11 is 0. The van der Waals surface area contributed by atoms with Gasteiger partial charge < -0.3 is 15.5 Å². The molecule has 0 bridgehead atoms. The van der Waals surface area contributed by atoms with Crippen molar-refractivity contribution in [1.29, 1.82) is 0 Å². The third-order valence-electron chi connectivity index (χ3n) is 3.28. The summed E-state index contributed by atoms with van der Waals surface area (Å²) in [5.74, 6) is 0.0208. The number of nitrogen functional groups attached to an aromatic ring is 1. The second-order valence-corrected chi connectivity index (χ2v) is 5.24. The van der Waals surface area contributed by atoms with Crippen molar-refractivity contribution in [3.8, 4) is 0 Å². The molecule has 4 nitrogen and oxygen atoms in total. The number of benzene rings is 1. The number of nitrogens with zero attached hydrogens (tertiary/aromatic N) is 2. The van der Waals surface area contributed by atoms with E-state index in [1.807, 2.05) is 45.0 Å². The predicted octanol–water partition coefficient (Wildman–Crippen LogP) is 1.99. The van der Waals surface area contributed by atoms with Crippen molar-refractivity contribution < 1.29 is 4.79 Å². The van der Waals surface area contributed by atoms with Gasteiger partial charge in [0.2, 0.25) is 0 Å². The van der Waals surface area contributed by atoms with Gasteiger partial charge in [0, 0.05) is 24.8 Å². The molecule has 0 aliphatic heterocycles. The lowest BCUT2D eigenvalue weighted by Crippen LogP contribution is -2.44. The van der Waals surface area contributed by atoms with Gasteiger partial charge in [-0.15, -0.1) is 0 Å². The lowest BCUT2D eigenvalue weighted by molar-refractivity contribution is 0.0679. The molecule has 1 unspecified atom stereocenters. The maximum atomic E-state index is 12.7. The van der Waals surface area contributed by atoms with Crippen molar-refractivity contribution in [3.63, 3.8) is 0 Å². The predicted molar refractivity (Wildman–Crippen MR) is 80.3 cm³/mol. The molecule has 0 spiro atoms. The number of carbonyl (C=O) groups is 1. The number of anilines is 1. The molecule has 0 aromatic heterocycles. The van der Waals surface area contributed by atoms with Crippen molar-refractivity contribution >= 4 is 11.6 Å². The summed E-state index contributed by atoms with van der Waals surface area (Å²) in [6.45, 7) is 7.51. The third kappa shape index (κ3) is 3.70. The number of aryl methyl sites for hydroxylation is 1. The molecule has 19 heavy (non-hydrogen) atoms. The molecule has 1 amide bonds. The van der Waals surface area contributed by atoms with Gasteiger partial charge >= 0.3 is 0 Å². The highest BCUT2D eigenvalue weighted by Gasteiger charge is 2.23. The van der Waals surface area contributed by atoms with Gasteiger partial charge in [-0.2, -0.15) is 0 Å². The number of amides is 1. The van der Waals surface area contributed by atoms with Crippen molar-refractivity contribution in [1.82, 2.24) is 9.80 Å². The van der Waals surface area contributed by atoms with Crippen LogP contribution in [0.25, 0.3) is 0 Å². The molecule has 1 aromatic rings. The summed E-state index contributed by atoms with van der Waals surface area (Å²) in [5.41, 5.74) is 8.08. The smallest absolute Gasteiger partial charge is 0.256 e. The first-order valence-corrected chi connectivity index (χ1v) is 6.69. The summed E-state index contributed by atoms with van der Waals surface area (Å²) in [7, 11) is 4.02. The Morgan fingerprint density at radius 1 is 1.37 bits per heavy atom. The molecule has 0 aliphatic rings. The Bertz CT molecular complexity index is 423. The zero-order chi connectivity index (χ0) is 14.6. The molecule has 0 saturated carbocycles. The molecule has 106 valence electrons. The fraction of sp³-hybridized carbons (Fsp3) is 0.533. The molecular weight excluding hydrogens is 238 g/mol. The largest absolute Gasteiger partial charge is 0.398 e. The van der Waals surface area contributed by atoms with Crippen molar-refractivity contribution in [3.05, 3.63) is 29.3 Å². The van der Waals surface area contributed by atoms with E-state index in [2.05, 4.69) is 11.8 Å². The first-order valence-electron chi connectivity index (χ1n) is 6.69. The number of rotatable bonds is 5. The quantitative estimate of drug-likeness (QED) is 0.827. The zero-order valence-corrected chi connectivity index (χ0v) is 12.6. The lowest BCUT2D eigenvalue weighted by atomic mass is 10.0. The van der Waals surface area contributed by atoms with E-state index in [1.54, 1.807) is 6.07 Å². The Balaban J connectivity index is 3.02. The molecule has 0 fully saturated rings. The first-order chi connectivity index (χ1) is 8.88. The van der Waals surface area contributed by atoms with Gasteiger partial charge in [0.25, 0.3) is 5.91 Å². The van der Waals surface area contributed by atoms with Crippen molar-refractivity contribution in [2.75, 3.05) is 32.9 Å². The van der Waals surface area contributed by atoms with Gasteiger partial charge in [-0.05, 0) is 46.5 Å². The number of carbonyl (C=O) groups excluding carboxylic acids is 1. The van der Waals surface area contributed by atoms with Crippen LogP contribution in [0.4, 0.5) is 5.69 Å². The van der Waals surface area contributed by atoms with Crippen LogP contribution in [0.3, 0.4) is 0 Å². The molecule has 1 rings (SSSR count). The van der Waals surface area contributed by atoms with Crippen LogP contribution in [-0.2, 0) is 0 Å². The number of likely N-dealkylation sites (N-methyl/N-ethyl adjacent to an activating group) is 2. The first kappa shape index (κ1) is 15.5. The number of nitrogens with two attached hydrogens (primary N) is 1. The van der Waals surface area contributed by atoms with Gasteiger partial charge in [0.1, 0.15) is 0 Å². The van der Waals surface area contributed by atoms with Gasteiger partial charge in [0.15, 0.2) is 0 Å². The minimum atomic E-state index is 0.0208. The molecule has 0 saturated heterocycles. The monoisotopic (exact) mass is 263 g/mol. The fourth-order valence-electron chi connectivity index (χ4n) is 2.41. The Morgan fingerprint density at radius 3 is 2.47 bits per heavy atom. The third-order valence-corrected chi connectivity index (χ3v) is 3.28. The van der Waals surface area contributed by atoms with Crippen LogP contribution in [0.15, 0.2) is 18.2 Å². The van der Waals surface area contributed by atoms with Gasteiger partial charge in [-0.1, -0.05) is 12.1 Å². The van der Waals surface area contributed by atoms with E-state index in [4.69, 9.17) is 5.73 Å². The van der Waals surface area contributed by atoms with Crippen molar-refractivity contribution in [2.45, 2.75) is 26.8 Å². The molecule has 2 N–H and O–H groups in total. The van der Waals surface area contributed by atoms with Crippen molar-refractivity contribution in [2.24, 2.45) is 0 Å². The minimum Gasteiger partial charge on any atom is -0.398 e. The normalized spacial score (nSPS) is 12.5. The summed E-state index contributed by atoms with van der Waals surface area (Å²) in [6, 6.07) is 5.74. The van der Waals surface area contributed by atoms with Gasteiger partial charge in [0.05, 0.1) is 5.56 Å². The lowest BCUT2D eigenvalue weighted by Gasteiger charge is -2.31. The van der Waals surface area contributed by atoms with Crippen LogP contribution in [-0.4, -0.2) is 48.9 Å². The van der Waals surface area contributed by atoms with Crippen LogP contribution >= 0.6 is 0 Å². The van der Waals surface area contributed by atoms with E-state index in [0.717, 1.165) is 12.1 Å². The van der Waals surface area contributed by atoms with E-state index in [0.29, 0.717) is 17.8 Å². The maximum Gasteiger partial charge on any atom is 0.256 e. The van der Waals surface area contributed by atoms with E-state index in [-0.39, 0.29) is 11.9 Å². The molecule has 1 aromatic carbocycles.